The summed E-state index contributed by atoms with van der Waals surface area (Å²) < 4.78 is 33.0. The van der Waals surface area contributed by atoms with Crippen LogP contribution in [0.2, 0.25) is 0 Å². The van der Waals surface area contributed by atoms with E-state index in [4.69, 9.17) is 9.84 Å². The van der Waals surface area contributed by atoms with Crippen molar-refractivity contribution in [3.63, 3.8) is 0 Å². The number of anilines is 1. The number of ether oxygens (including phenoxy) is 1. The van der Waals surface area contributed by atoms with Gasteiger partial charge in [-0.25, -0.2) is 13.6 Å². The molecule has 1 aromatic carbocycles. The van der Waals surface area contributed by atoms with Crippen molar-refractivity contribution in [3.8, 4) is 0 Å². The summed E-state index contributed by atoms with van der Waals surface area (Å²) in [6.45, 7) is 0.927. The van der Waals surface area contributed by atoms with Crippen molar-refractivity contribution in [1.29, 1.82) is 0 Å². The molecule has 19 heavy (non-hydrogen) atoms. The van der Waals surface area contributed by atoms with Crippen LogP contribution in [0.3, 0.4) is 0 Å². The molecule has 1 aliphatic rings. The summed E-state index contributed by atoms with van der Waals surface area (Å²) in [7, 11) is 1.56. The molecule has 1 unspecified atom stereocenters. The first-order valence-corrected chi connectivity index (χ1v) is 6.03. The molecule has 0 amide bonds. The molecule has 1 N–H and O–H groups in total. The predicted molar refractivity (Wildman–Crippen MR) is 65.6 cm³/mol. The summed E-state index contributed by atoms with van der Waals surface area (Å²) in [6.07, 6.45) is 1.56. The van der Waals surface area contributed by atoms with Crippen LogP contribution >= 0.6 is 0 Å². The third-order valence-corrected chi connectivity index (χ3v) is 3.29. The van der Waals surface area contributed by atoms with E-state index in [9.17, 15) is 13.6 Å². The largest absolute Gasteiger partial charge is 0.478 e. The zero-order chi connectivity index (χ0) is 14.0. The molecule has 1 aromatic rings. The van der Waals surface area contributed by atoms with Crippen molar-refractivity contribution >= 4 is 11.7 Å². The molecule has 0 radical (unpaired) electrons. The van der Waals surface area contributed by atoms with Gasteiger partial charge >= 0.3 is 5.97 Å². The minimum absolute atomic E-state index is 0.0632. The van der Waals surface area contributed by atoms with Crippen LogP contribution in [0.5, 0.6) is 0 Å². The van der Waals surface area contributed by atoms with E-state index >= 15 is 0 Å². The Hall–Kier alpha value is -1.69. The van der Waals surface area contributed by atoms with Gasteiger partial charge in [-0.15, -0.1) is 0 Å². The minimum atomic E-state index is -1.35. The molecule has 6 heteroatoms. The molecular weight excluding hydrogens is 256 g/mol. The molecule has 1 fully saturated rings. The number of carboxylic acids is 1. The molecule has 1 atom stereocenters. The van der Waals surface area contributed by atoms with Crippen molar-refractivity contribution in [1.82, 2.24) is 0 Å². The molecule has 1 aliphatic heterocycles. The van der Waals surface area contributed by atoms with Gasteiger partial charge in [0.15, 0.2) is 0 Å². The smallest absolute Gasteiger partial charge is 0.335 e. The molecule has 2 rings (SSSR count). The number of hydrogen-bond donors (Lipinski definition) is 1. The van der Waals surface area contributed by atoms with Gasteiger partial charge in [0.25, 0.3) is 0 Å². The molecule has 0 aromatic heterocycles. The van der Waals surface area contributed by atoms with Crippen molar-refractivity contribution in [2.24, 2.45) is 0 Å². The molecule has 0 spiro atoms. The lowest BCUT2D eigenvalue weighted by atomic mass is 10.1. The molecule has 4 nitrogen and oxygen atoms in total. The molecular formula is C13H15F2NO3. The van der Waals surface area contributed by atoms with Crippen LogP contribution in [0, 0.1) is 11.6 Å². The fourth-order valence-corrected chi connectivity index (χ4v) is 2.32. The Morgan fingerprint density at radius 3 is 2.58 bits per heavy atom. The molecule has 1 heterocycles. The topological polar surface area (TPSA) is 49.8 Å². The Labute approximate surface area is 109 Å². The lowest BCUT2D eigenvalue weighted by Crippen LogP contribution is -2.40. The van der Waals surface area contributed by atoms with E-state index in [2.05, 4.69) is 0 Å². The molecule has 0 saturated carbocycles. The van der Waals surface area contributed by atoms with Crippen LogP contribution in [0.1, 0.15) is 23.2 Å². The number of aromatic carboxylic acids is 1. The number of methoxy groups -OCH3 is 1. The summed E-state index contributed by atoms with van der Waals surface area (Å²) in [5, 5.41) is 8.75. The second-order valence-electron chi connectivity index (χ2n) is 4.54. The van der Waals surface area contributed by atoms with E-state index in [0.717, 1.165) is 25.0 Å². The number of carbonyl (C=O) groups is 1. The summed E-state index contributed by atoms with van der Waals surface area (Å²) in [4.78, 5) is 12.3. The van der Waals surface area contributed by atoms with E-state index in [1.165, 1.54) is 0 Å². The number of carboxylic acid groups (broad SMARTS) is 1. The highest BCUT2D eigenvalue weighted by Crippen LogP contribution is 2.28. The zero-order valence-corrected chi connectivity index (χ0v) is 10.5. The second kappa shape index (κ2) is 5.52. The van der Waals surface area contributed by atoms with Gasteiger partial charge in [0, 0.05) is 20.2 Å². The quantitative estimate of drug-likeness (QED) is 0.916. The Bertz CT molecular complexity index is 470. The minimum Gasteiger partial charge on any atom is -0.478 e. The van der Waals surface area contributed by atoms with Crippen molar-refractivity contribution < 1.29 is 23.4 Å². The van der Waals surface area contributed by atoms with Crippen molar-refractivity contribution in [2.45, 2.75) is 18.9 Å². The standard InChI is InChI=1S/C13H15F2NO3/c1-19-9-3-2-4-16(7-9)12-10(14)5-8(13(17)18)6-11(12)15/h5-6,9H,2-4,7H2,1H3,(H,17,18). The van der Waals surface area contributed by atoms with Crippen LogP contribution in [0.15, 0.2) is 12.1 Å². The number of nitrogens with zero attached hydrogens (tertiary/aromatic N) is 1. The Balaban J connectivity index is 2.31. The highest BCUT2D eigenvalue weighted by molar-refractivity contribution is 5.88. The summed E-state index contributed by atoms with van der Waals surface area (Å²) in [5.41, 5.74) is -0.564. The lowest BCUT2D eigenvalue weighted by Gasteiger charge is -2.34. The number of halogens is 2. The van der Waals surface area contributed by atoms with Gasteiger partial charge in [0.2, 0.25) is 0 Å². The first-order chi connectivity index (χ1) is 9.02. The number of benzene rings is 1. The van der Waals surface area contributed by atoms with Crippen LogP contribution in [0.25, 0.3) is 0 Å². The monoisotopic (exact) mass is 271 g/mol. The van der Waals surface area contributed by atoms with Crippen LogP contribution < -0.4 is 4.90 Å². The summed E-state index contributed by atoms with van der Waals surface area (Å²) >= 11 is 0. The van der Waals surface area contributed by atoms with Gasteiger partial charge in [0.1, 0.15) is 17.3 Å². The molecule has 0 bridgehead atoms. The van der Waals surface area contributed by atoms with E-state index < -0.39 is 17.6 Å². The van der Waals surface area contributed by atoms with E-state index in [1.807, 2.05) is 0 Å². The van der Waals surface area contributed by atoms with Crippen LogP contribution in [-0.4, -0.2) is 37.4 Å². The molecule has 104 valence electrons. The van der Waals surface area contributed by atoms with E-state index in [-0.39, 0.29) is 17.4 Å². The van der Waals surface area contributed by atoms with E-state index in [0.29, 0.717) is 13.1 Å². The SMILES string of the molecule is COC1CCCN(c2c(F)cc(C(=O)O)cc2F)C1. The van der Waals surface area contributed by atoms with Gasteiger partial charge in [-0.3, -0.25) is 0 Å². The van der Waals surface area contributed by atoms with Crippen molar-refractivity contribution in [3.05, 3.63) is 29.3 Å². The van der Waals surface area contributed by atoms with Crippen molar-refractivity contribution in [2.75, 3.05) is 25.1 Å². The third-order valence-electron chi connectivity index (χ3n) is 3.29. The Morgan fingerprint density at radius 2 is 2.05 bits per heavy atom. The Morgan fingerprint density at radius 1 is 1.42 bits per heavy atom. The zero-order valence-electron chi connectivity index (χ0n) is 10.5. The van der Waals surface area contributed by atoms with Crippen LogP contribution in [-0.2, 0) is 4.74 Å². The maximum Gasteiger partial charge on any atom is 0.335 e. The highest BCUT2D eigenvalue weighted by Gasteiger charge is 2.25. The maximum atomic E-state index is 13.9. The molecule has 1 saturated heterocycles. The van der Waals surface area contributed by atoms with Gasteiger partial charge in [-0.1, -0.05) is 0 Å². The normalized spacial score (nSPS) is 19.5. The van der Waals surface area contributed by atoms with Gasteiger partial charge in [0.05, 0.1) is 11.7 Å². The first kappa shape index (κ1) is 13.7. The van der Waals surface area contributed by atoms with Gasteiger partial charge in [-0.05, 0) is 25.0 Å². The summed E-state index contributed by atoms with van der Waals surface area (Å²) in [6, 6.07) is 1.69. The predicted octanol–water partition coefficient (Wildman–Crippen LogP) is 2.28. The lowest BCUT2D eigenvalue weighted by molar-refractivity contribution is 0.0695. The second-order valence-corrected chi connectivity index (χ2v) is 4.54. The number of hydrogen-bond acceptors (Lipinski definition) is 3. The van der Waals surface area contributed by atoms with Crippen LogP contribution in [0.4, 0.5) is 14.5 Å². The third kappa shape index (κ3) is 2.84. The first-order valence-electron chi connectivity index (χ1n) is 6.03. The number of rotatable bonds is 3. The van der Waals surface area contributed by atoms with E-state index in [1.54, 1.807) is 12.0 Å². The van der Waals surface area contributed by atoms with Gasteiger partial charge < -0.3 is 14.7 Å². The average molecular weight is 271 g/mol. The highest BCUT2D eigenvalue weighted by atomic mass is 19.1. The fraction of sp³-hybridized carbons (Fsp3) is 0.462. The molecule has 0 aliphatic carbocycles. The number of piperidine rings is 1. The average Bonchev–Trinajstić information content (AvgIpc) is 2.38. The van der Waals surface area contributed by atoms with Gasteiger partial charge in [-0.2, -0.15) is 0 Å². The fourth-order valence-electron chi connectivity index (χ4n) is 2.32. The summed E-state index contributed by atoms with van der Waals surface area (Å²) in [5.74, 6) is -3.05. The maximum absolute atomic E-state index is 13.9. The Kier molecular flexibility index (Phi) is 3.99.